The molecule has 2 aromatic rings. The Hall–Kier alpha value is -3.58. The molecule has 1 unspecified atom stereocenters. The summed E-state index contributed by atoms with van der Waals surface area (Å²) >= 11 is 0. The first-order valence-electron chi connectivity index (χ1n) is 9.63. The summed E-state index contributed by atoms with van der Waals surface area (Å²) in [6.07, 6.45) is 1.99. The number of rotatable bonds is 12. The van der Waals surface area contributed by atoms with Gasteiger partial charge in [-0.25, -0.2) is 0 Å². The molecule has 164 valence electrons. The van der Waals surface area contributed by atoms with Crippen molar-refractivity contribution < 1.29 is 28.5 Å². The normalized spacial score (nSPS) is 11.2. The summed E-state index contributed by atoms with van der Waals surface area (Å²) in [5.74, 6) is 0.130. The molecule has 7 heteroatoms. The van der Waals surface area contributed by atoms with Crippen LogP contribution in [0.2, 0.25) is 0 Å². The minimum atomic E-state index is -1.02. The highest BCUT2D eigenvalue weighted by molar-refractivity contribution is 5.97. The molecule has 0 aliphatic heterocycles. The van der Waals surface area contributed by atoms with Gasteiger partial charge in [0.2, 0.25) is 0 Å². The first-order valence-corrected chi connectivity index (χ1v) is 9.63. The molecule has 1 N–H and O–H groups in total. The van der Waals surface area contributed by atoms with Crippen LogP contribution in [-0.2, 0) is 25.7 Å². The van der Waals surface area contributed by atoms with Crippen molar-refractivity contribution in [2.45, 2.75) is 19.1 Å². The molecule has 2 rings (SSSR count). The van der Waals surface area contributed by atoms with E-state index in [0.29, 0.717) is 17.2 Å². The van der Waals surface area contributed by atoms with Crippen LogP contribution in [0, 0.1) is 0 Å². The van der Waals surface area contributed by atoms with E-state index in [1.54, 1.807) is 37.5 Å². The van der Waals surface area contributed by atoms with Gasteiger partial charge in [-0.1, -0.05) is 30.9 Å². The van der Waals surface area contributed by atoms with E-state index in [0.717, 1.165) is 11.1 Å². The molecule has 0 bridgehead atoms. The lowest BCUT2D eigenvalue weighted by Gasteiger charge is -2.18. The highest BCUT2D eigenvalue weighted by Crippen LogP contribution is 2.26. The van der Waals surface area contributed by atoms with Gasteiger partial charge in [0.05, 0.1) is 32.9 Å². The molecular weight excluding hydrogens is 398 g/mol. The number of amides is 1. The van der Waals surface area contributed by atoms with Crippen LogP contribution in [-0.4, -0.2) is 38.8 Å². The van der Waals surface area contributed by atoms with Gasteiger partial charge in [0.25, 0.3) is 5.91 Å². The van der Waals surface area contributed by atoms with Gasteiger partial charge < -0.3 is 24.3 Å². The fourth-order valence-corrected chi connectivity index (χ4v) is 2.72. The molecule has 0 aliphatic rings. The molecule has 1 amide bonds. The van der Waals surface area contributed by atoms with E-state index in [1.807, 2.05) is 18.2 Å². The fourth-order valence-electron chi connectivity index (χ4n) is 2.72. The molecule has 31 heavy (non-hydrogen) atoms. The number of ether oxygens (including phenoxy) is 4. The molecule has 0 spiro atoms. The molecule has 7 nitrogen and oxygen atoms in total. The van der Waals surface area contributed by atoms with Gasteiger partial charge in [-0.15, -0.1) is 6.58 Å². The van der Waals surface area contributed by atoms with E-state index in [9.17, 15) is 9.59 Å². The molecule has 0 aromatic heterocycles. The minimum Gasteiger partial charge on any atom is -0.497 e. The van der Waals surface area contributed by atoms with Gasteiger partial charge >= 0.3 is 5.97 Å². The topological polar surface area (TPSA) is 83.1 Å². The van der Waals surface area contributed by atoms with Crippen molar-refractivity contribution >= 4 is 23.6 Å². The van der Waals surface area contributed by atoms with Crippen molar-refractivity contribution in [3.8, 4) is 11.5 Å². The van der Waals surface area contributed by atoms with Crippen molar-refractivity contribution in [1.29, 1.82) is 0 Å². The van der Waals surface area contributed by atoms with Crippen molar-refractivity contribution in [3.63, 3.8) is 0 Å². The Kier molecular flexibility index (Phi) is 9.32. The number of carbonyl (C=O) groups is 2. The summed E-state index contributed by atoms with van der Waals surface area (Å²) < 4.78 is 21.3. The Morgan fingerprint density at radius 3 is 2.58 bits per heavy atom. The number of carbonyl (C=O) groups excluding carboxylic acids is 2. The molecule has 0 fully saturated rings. The second-order valence-corrected chi connectivity index (χ2v) is 6.48. The van der Waals surface area contributed by atoms with Crippen LogP contribution >= 0.6 is 0 Å². The number of hydrogen-bond acceptors (Lipinski definition) is 6. The number of hydrogen-bond donors (Lipinski definition) is 1. The summed E-state index contributed by atoms with van der Waals surface area (Å²) in [5.41, 5.74) is 2.24. The molecular formula is C24H27NO6. The smallest absolute Gasteiger partial charge is 0.308 e. The second-order valence-electron chi connectivity index (χ2n) is 6.48. The van der Waals surface area contributed by atoms with Crippen LogP contribution in [0.15, 0.2) is 61.7 Å². The minimum absolute atomic E-state index is 0.120. The van der Waals surface area contributed by atoms with E-state index < -0.39 is 18.0 Å². The van der Waals surface area contributed by atoms with Gasteiger partial charge in [0.15, 0.2) is 0 Å². The molecule has 0 radical (unpaired) electrons. The average Bonchev–Trinajstić information content (AvgIpc) is 2.80. The van der Waals surface area contributed by atoms with Crippen molar-refractivity contribution in [1.82, 2.24) is 0 Å². The lowest BCUT2D eigenvalue weighted by atomic mass is 10.1. The Labute approximate surface area is 182 Å². The number of nitrogens with one attached hydrogen (secondary N) is 1. The van der Waals surface area contributed by atoms with Crippen LogP contribution in [0.5, 0.6) is 11.5 Å². The third-order valence-electron chi connectivity index (χ3n) is 4.29. The lowest BCUT2D eigenvalue weighted by molar-refractivity contribution is -0.147. The monoisotopic (exact) mass is 425 g/mol. The number of esters is 1. The third kappa shape index (κ3) is 7.31. The zero-order valence-electron chi connectivity index (χ0n) is 17.8. The van der Waals surface area contributed by atoms with Crippen LogP contribution in [0.4, 0.5) is 5.69 Å². The highest BCUT2D eigenvalue weighted by atomic mass is 16.5. The maximum atomic E-state index is 12.7. The number of benzene rings is 2. The van der Waals surface area contributed by atoms with Crippen LogP contribution in [0.3, 0.4) is 0 Å². The quantitative estimate of drug-likeness (QED) is 0.409. The van der Waals surface area contributed by atoms with Crippen LogP contribution < -0.4 is 14.8 Å². The maximum Gasteiger partial charge on any atom is 0.308 e. The molecule has 0 heterocycles. The maximum absolute atomic E-state index is 12.7. The fraction of sp³-hybridized carbons (Fsp3) is 0.250. The Bertz CT molecular complexity index is 924. The Balaban J connectivity index is 2.13. The number of anilines is 1. The summed E-state index contributed by atoms with van der Waals surface area (Å²) in [6.45, 7) is 7.71. The Morgan fingerprint density at radius 2 is 1.90 bits per heavy atom. The van der Waals surface area contributed by atoms with Crippen LogP contribution in [0.1, 0.15) is 17.5 Å². The largest absolute Gasteiger partial charge is 0.497 e. The third-order valence-corrected chi connectivity index (χ3v) is 4.29. The van der Waals surface area contributed by atoms with Gasteiger partial charge in [0.1, 0.15) is 24.2 Å². The molecule has 0 saturated heterocycles. The van der Waals surface area contributed by atoms with E-state index in [-0.39, 0.29) is 19.6 Å². The molecule has 0 aliphatic carbocycles. The summed E-state index contributed by atoms with van der Waals surface area (Å²) in [5, 5.41) is 2.76. The average molecular weight is 425 g/mol. The van der Waals surface area contributed by atoms with E-state index in [4.69, 9.17) is 14.2 Å². The molecule has 2 aromatic carbocycles. The van der Waals surface area contributed by atoms with Gasteiger partial charge in [-0.2, -0.15) is 0 Å². The lowest BCUT2D eigenvalue weighted by Crippen LogP contribution is -2.33. The highest BCUT2D eigenvalue weighted by Gasteiger charge is 2.24. The molecule has 1 atom stereocenters. The summed E-state index contributed by atoms with van der Waals surface area (Å²) in [6, 6.07) is 12.7. The predicted octanol–water partition coefficient (Wildman–Crippen LogP) is 3.99. The van der Waals surface area contributed by atoms with Gasteiger partial charge in [0, 0.05) is 0 Å². The number of methoxy groups -OCH3 is 2. The summed E-state index contributed by atoms with van der Waals surface area (Å²) in [4.78, 5) is 24.3. The number of para-hydroxylation sites is 2. The van der Waals surface area contributed by atoms with Crippen molar-refractivity contribution in [3.05, 3.63) is 72.8 Å². The van der Waals surface area contributed by atoms with Gasteiger partial charge in [-0.3, -0.25) is 9.59 Å². The Morgan fingerprint density at radius 1 is 1.13 bits per heavy atom. The zero-order valence-corrected chi connectivity index (χ0v) is 17.8. The van der Waals surface area contributed by atoms with E-state index in [2.05, 4.69) is 23.2 Å². The van der Waals surface area contributed by atoms with Crippen LogP contribution in [0.25, 0.3) is 6.08 Å². The van der Waals surface area contributed by atoms with Crippen molar-refractivity contribution in [2.24, 2.45) is 0 Å². The first-order chi connectivity index (χ1) is 15.0. The predicted molar refractivity (Wildman–Crippen MR) is 119 cm³/mol. The van der Waals surface area contributed by atoms with Gasteiger partial charge in [-0.05, 0) is 41.5 Å². The second kappa shape index (κ2) is 12.2. The first kappa shape index (κ1) is 23.7. The SMILES string of the molecule is C=CCOC(CC(=O)OC)C(=O)Nc1ccccc1OCc1cc(C=C)cc(OC)c1. The van der Waals surface area contributed by atoms with E-state index in [1.165, 1.54) is 13.2 Å². The standard InChI is InChI=1S/C24H27NO6/c1-5-11-30-22(15-23(26)29-4)24(27)25-20-9-7-8-10-21(20)31-16-18-12-17(6-2)13-19(14-18)28-3/h5-10,12-14,22H,1-2,11,15-16H2,3-4H3,(H,25,27). The molecule has 0 saturated carbocycles. The summed E-state index contributed by atoms with van der Waals surface area (Å²) in [7, 11) is 2.85. The van der Waals surface area contributed by atoms with E-state index >= 15 is 0 Å². The zero-order chi connectivity index (χ0) is 22.6. The van der Waals surface area contributed by atoms with Crippen molar-refractivity contribution in [2.75, 3.05) is 26.1 Å².